The third-order valence-electron chi connectivity index (χ3n) is 4.40. The molecule has 0 amide bonds. The molecule has 1 aliphatic heterocycles. The molecule has 0 aliphatic carbocycles. The van der Waals surface area contributed by atoms with Gasteiger partial charge in [0.05, 0.1) is 23.9 Å². The molecule has 0 bridgehead atoms. The molecule has 5 nitrogen and oxygen atoms in total. The van der Waals surface area contributed by atoms with E-state index in [-0.39, 0.29) is 11.1 Å². The van der Waals surface area contributed by atoms with Gasteiger partial charge in [-0.05, 0) is 40.1 Å². The molecule has 26 heavy (non-hydrogen) atoms. The Bertz CT molecular complexity index is 1100. The molecule has 0 saturated heterocycles. The van der Waals surface area contributed by atoms with Gasteiger partial charge in [0.25, 0.3) is 0 Å². The number of hydrogen-bond acceptors (Lipinski definition) is 5. The van der Waals surface area contributed by atoms with E-state index in [0.29, 0.717) is 22.6 Å². The third kappa shape index (κ3) is 2.50. The molecule has 1 heterocycles. The van der Waals surface area contributed by atoms with Crippen LogP contribution >= 0.6 is 0 Å². The fraction of sp³-hybridized carbons (Fsp3) is 0.0476. The number of fused-ring (bicyclic) bond motifs is 1. The summed E-state index contributed by atoms with van der Waals surface area (Å²) in [6, 6.07) is 18.3. The molecule has 0 atom stereocenters. The molecule has 0 aromatic heterocycles. The van der Waals surface area contributed by atoms with Gasteiger partial charge in [-0.15, -0.1) is 0 Å². The summed E-state index contributed by atoms with van der Waals surface area (Å²) in [7, 11) is 1.51. The Hall–Kier alpha value is -3.60. The number of carbonyl (C=O) groups excluding carboxylic acids is 2. The zero-order chi connectivity index (χ0) is 18.3. The Morgan fingerprint density at radius 2 is 1.42 bits per heavy atom. The number of rotatable bonds is 3. The zero-order valence-corrected chi connectivity index (χ0v) is 14.0. The highest BCUT2D eigenvalue weighted by atomic mass is 16.6. The van der Waals surface area contributed by atoms with E-state index in [1.165, 1.54) is 7.11 Å². The predicted octanol–water partition coefficient (Wildman–Crippen LogP) is 3.42. The summed E-state index contributed by atoms with van der Waals surface area (Å²) in [4.78, 5) is 24.7. The second-order valence-electron chi connectivity index (χ2n) is 5.95. The lowest BCUT2D eigenvalue weighted by molar-refractivity contribution is -0.149. The largest absolute Gasteiger partial charge is 0.495 e. The first kappa shape index (κ1) is 15.9. The average Bonchev–Trinajstić information content (AvgIpc) is 2.95. The number of methoxy groups -OCH3 is 1. The SMILES string of the molecule is COc1ccc(C2=C(c3ccc4ccccc4c3)C(=O)OC2=O)cc1N. The lowest BCUT2D eigenvalue weighted by atomic mass is 9.94. The summed E-state index contributed by atoms with van der Waals surface area (Å²) >= 11 is 0. The minimum atomic E-state index is -0.678. The van der Waals surface area contributed by atoms with Crippen LogP contribution in [0, 0.1) is 0 Å². The van der Waals surface area contributed by atoms with Gasteiger partial charge >= 0.3 is 11.9 Å². The Balaban J connectivity index is 1.93. The number of ether oxygens (including phenoxy) is 2. The summed E-state index contributed by atoms with van der Waals surface area (Å²) in [5.41, 5.74) is 7.92. The number of nitrogen functional groups attached to an aromatic ring is 1. The molecule has 0 saturated carbocycles. The van der Waals surface area contributed by atoms with Gasteiger partial charge in [-0.2, -0.15) is 0 Å². The average molecular weight is 345 g/mol. The monoisotopic (exact) mass is 345 g/mol. The molecule has 3 aromatic rings. The predicted molar refractivity (Wildman–Crippen MR) is 99.3 cm³/mol. The first-order chi connectivity index (χ1) is 12.6. The Labute approximate surface area is 149 Å². The summed E-state index contributed by atoms with van der Waals surface area (Å²) in [6.07, 6.45) is 0. The van der Waals surface area contributed by atoms with Crippen molar-refractivity contribution in [2.75, 3.05) is 12.8 Å². The topological polar surface area (TPSA) is 78.6 Å². The standard InChI is InChI=1S/C21H15NO4/c1-25-17-9-8-15(11-16(17)22)19-18(20(23)26-21(19)24)14-7-6-12-4-2-3-5-13(12)10-14/h2-11H,22H2,1H3. The van der Waals surface area contributed by atoms with Crippen LogP contribution in [0.4, 0.5) is 5.69 Å². The first-order valence-corrected chi connectivity index (χ1v) is 8.02. The van der Waals surface area contributed by atoms with Gasteiger partial charge in [0.15, 0.2) is 0 Å². The summed E-state index contributed by atoms with van der Waals surface area (Å²) in [5.74, 6) is -0.836. The lowest BCUT2D eigenvalue weighted by Gasteiger charge is -2.08. The summed E-state index contributed by atoms with van der Waals surface area (Å²) in [6.45, 7) is 0. The van der Waals surface area contributed by atoms with Crippen molar-refractivity contribution in [2.45, 2.75) is 0 Å². The number of esters is 2. The van der Waals surface area contributed by atoms with Gasteiger partial charge in [0, 0.05) is 0 Å². The highest BCUT2D eigenvalue weighted by molar-refractivity contribution is 6.45. The lowest BCUT2D eigenvalue weighted by Crippen LogP contribution is -2.02. The normalized spacial score (nSPS) is 14.0. The second kappa shape index (κ2) is 6.04. The van der Waals surface area contributed by atoms with Gasteiger partial charge in [0.2, 0.25) is 0 Å². The Morgan fingerprint density at radius 1 is 0.808 bits per heavy atom. The van der Waals surface area contributed by atoms with E-state index < -0.39 is 11.9 Å². The minimum absolute atomic E-state index is 0.208. The fourth-order valence-corrected chi connectivity index (χ4v) is 3.15. The second-order valence-corrected chi connectivity index (χ2v) is 5.95. The van der Waals surface area contributed by atoms with Crippen molar-refractivity contribution in [3.05, 3.63) is 71.8 Å². The van der Waals surface area contributed by atoms with E-state index in [9.17, 15) is 9.59 Å². The van der Waals surface area contributed by atoms with Gasteiger partial charge in [-0.1, -0.05) is 42.5 Å². The van der Waals surface area contributed by atoms with Crippen LogP contribution in [-0.4, -0.2) is 19.0 Å². The number of cyclic esters (lactones) is 2. The quantitative estimate of drug-likeness (QED) is 0.447. The van der Waals surface area contributed by atoms with E-state index in [0.717, 1.165) is 10.8 Å². The molecule has 2 N–H and O–H groups in total. The van der Waals surface area contributed by atoms with Gasteiger partial charge in [-0.25, -0.2) is 9.59 Å². The van der Waals surface area contributed by atoms with Gasteiger partial charge < -0.3 is 15.2 Å². The van der Waals surface area contributed by atoms with Crippen molar-refractivity contribution >= 4 is 39.5 Å². The Morgan fingerprint density at radius 3 is 2.08 bits per heavy atom. The third-order valence-corrected chi connectivity index (χ3v) is 4.40. The maximum atomic E-state index is 12.4. The van der Waals surface area contributed by atoms with Gasteiger partial charge in [-0.3, -0.25) is 0 Å². The van der Waals surface area contributed by atoms with Crippen molar-refractivity contribution < 1.29 is 19.1 Å². The molecule has 3 aromatic carbocycles. The molecule has 0 radical (unpaired) electrons. The van der Waals surface area contributed by atoms with Crippen molar-refractivity contribution in [1.82, 2.24) is 0 Å². The minimum Gasteiger partial charge on any atom is -0.495 e. The summed E-state index contributed by atoms with van der Waals surface area (Å²) < 4.78 is 10.0. The molecular weight excluding hydrogens is 330 g/mol. The molecule has 0 fully saturated rings. The number of anilines is 1. The highest BCUT2D eigenvalue weighted by Gasteiger charge is 2.35. The van der Waals surface area contributed by atoms with Crippen LogP contribution in [0.15, 0.2) is 60.7 Å². The summed E-state index contributed by atoms with van der Waals surface area (Å²) in [5, 5.41) is 2.02. The van der Waals surface area contributed by atoms with Gasteiger partial charge in [0.1, 0.15) is 5.75 Å². The molecular formula is C21H15NO4. The maximum absolute atomic E-state index is 12.4. The van der Waals surface area contributed by atoms with Crippen molar-refractivity contribution in [3.8, 4) is 5.75 Å². The van der Waals surface area contributed by atoms with Crippen LogP contribution in [0.3, 0.4) is 0 Å². The van der Waals surface area contributed by atoms with E-state index in [1.54, 1.807) is 18.2 Å². The number of nitrogens with two attached hydrogens (primary N) is 1. The fourth-order valence-electron chi connectivity index (χ4n) is 3.15. The molecule has 128 valence electrons. The van der Waals surface area contributed by atoms with Crippen LogP contribution in [0.5, 0.6) is 5.75 Å². The smallest absolute Gasteiger partial charge is 0.347 e. The zero-order valence-electron chi connectivity index (χ0n) is 14.0. The number of hydrogen-bond donors (Lipinski definition) is 1. The highest BCUT2D eigenvalue weighted by Crippen LogP contribution is 2.37. The van der Waals surface area contributed by atoms with Crippen LogP contribution in [0.25, 0.3) is 21.9 Å². The van der Waals surface area contributed by atoms with E-state index in [2.05, 4.69) is 0 Å². The van der Waals surface area contributed by atoms with Crippen LogP contribution in [0.2, 0.25) is 0 Å². The van der Waals surface area contributed by atoms with E-state index in [4.69, 9.17) is 15.2 Å². The van der Waals surface area contributed by atoms with Crippen LogP contribution in [0.1, 0.15) is 11.1 Å². The molecule has 5 heteroatoms. The molecule has 1 aliphatic rings. The number of benzene rings is 3. The molecule has 0 spiro atoms. The van der Waals surface area contributed by atoms with Crippen LogP contribution < -0.4 is 10.5 Å². The molecule has 4 rings (SSSR count). The van der Waals surface area contributed by atoms with Crippen molar-refractivity contribution in [1.29, 1.82) is 0 Å². The van der Waals surface area contributed by atoms with Crippen molar-refractivity contribution in [3.63, 3.8) is 0 Å². The Kier molecular flexibility index (Phi) is 3.69. The van der Waals surface area contributed by atoms with Crippen molar-refractivity contribution in [2.24, 2.45) is 0 Å². The van der Waals surface area contributed by atoms with E-state index in [1.807, 2.05) is 42.5 Å². The maximum Gasteiger partial charge on any atom is 0.347 e. The van der Waals surface area contributed by atoms with Crippen LogP contribution in [-0.2, 0) is 14.3 Å². The number of carbonyl (C=O) groups is 2. The van der Waals surface area contributed by atoms with E-state index >= 15 is 0 Å². The first-order valence-electron chi connectivity index (χ1n) is 8.02. The molecule has 0 unspecified atom stereocenters.